The van der Waals surface area contributed by atoms with Crippen LogP contribution in [0, 0.1) is 0 Å². The van der Waals surface area contributed by atoms with Gasteiger partial charge in [-0.25, -0.2) is 0 Å². The number of nitrogens with one attached hydrogen (secondary N) is 1. The largest absolute Gasteiger partial charge is 0.416 e. The molecular formula is C20H20F3N5. The van der Waals surface area contributed by atoms with Crippen LogP contribution in [0.1, 0.15) is 25.0 Å². The Balaban J connectivity index is 1.78. The van der Waals surface area contributed by atoms with E-state index < -0.39 is 11.7 Å². The van der Waals surface area contributed by atoms with E-state index in [2.05, 4.69) is 25.4 Å². The molecule has 28 heavy (non-hydrogen) atoms. The smallest absolute Gasteiger partial charge is 0.348 e. The van der Waals surface area contributed by atoms with Gasteiger partial charge in [-0.3, -0.25) is 0 Å². The quantitative estimate of drug-likeness (QED) is 0.642. The molecule has 3 aromatic rings. The minimum Gasteiger partial charge on any atom is -0.348 e. The summed E-state index contributed by atoms with van der Waals surface area (Å²) in [7, 11) is 0. The van der Waals surface area contributed by atoms with Crippen LogP contribution in [0.4, 0.5) is 30.6 Å². The summed E-state index contributed by atoms with van der Waals surface area (Å²) in [6.07, 6.45) is -2.80. The minimum atomic E-state index is -4.37. The van der Waals surface area contributed by atoms with Crippen LogP contribution in [-0.4, -0.2) is 21.2 Å². The zero-order valence-corrected chi connectivity index (χ0v) is 15.5. The number of aromatic nitrogens is 3. The van der Waals surface area contributed by atoms with Crippen molar-refractivity contribution in [2.24, 2.45) is 0 Å². The van der Waals surface area contributed by atoms with Gasteiger partial charge < -0.3 is 10.2 Å². The van der Waals surface area contributed by atoms with E-state index in [0.29, 0.717) is 18.1 Å². The fourth-order valence-corrected chi connectivity index (χ4v) is 2.67. The summed E-state index contributed by atoms with van der Waals surface area (Å²) in [5.41, 5.74) is 0.873. The van der Waals surface area contributed by atoms with Gasteiger partial charge in [-0.1, -0.05) is 30.3 Å². The average Bonchev–Trinajstić information content (AvgIpc) is 2.66. The van der Waals surface area contributed by atoms with Crippen molar-refractivity contribution in [1.29, 1.82) is 0 Å². The van der Waals surface area contributed by atoms with E-state index in [1.165, 1.54) is 12.1 Å². The zero-order valence-electron chi connectivity index (χ0n) is 15.5. The second-order valence-corrected chi connectivity index (χ2v) is 6.55. The van der Waals surface area contributed by atoms with Gasteiger partial charge in [-0.15, -0.1) is 5.10 Å². The first kappa shape index (κ1) is 19.6. The lowest BCUT2D eigenvalue weighted by molar-refractivity contribution is -0.137. The highest BCUT2D eigenvalue weighted by atomic mass is 19.4. The number of hydrogen-bond acceptors (Lipinski definition) is 5. The molecule has 8 heteroatoms. The van der Waals surface area contributed by atoms with Crippen LogP contribution in [0.25, 0.3) is 0 Å². The lowest BCUT2D eigenvalue weighted by Crippen LogP contribution is -2.31. The minimum absolute atomic E-state index is 0.163. The van der Waals surface area contributed by atoms with Crippen molar-refractivity contribution in [2.45, 2.75) is 32.6 Å². The van der Waals surface area contributed by atoms with Gasteiger partial charge in [0.05, 0.1) is 11.8 Å². The Hall–Kier alpha value is -3.16. The lowest BCUT2D eigenvalue weighted by Gasteiger charge is -2.27. The second-order valence-electron chi connectivity index (χ2n) is 6.55. The number of hydrogen-bond donors (Lipinski definition) is 1. The maximum atomic E-state index is 12.7. The van der Waals surface area contributed by atoms with Crippen LogP contribution >= 0.6 is 0 Å². The maximum Gasteiger partial charge on any atom is 0.416 e. The van der Waals surface area contributed by atoms with Crippen LogP contribution < -0.4 is 10.2 Å². The number of nitrogens with zero attached hydrogens (tertiary/aromatic N) is 4. The Morgan fingerprint density at radius 2 is 1.68 bits per heavy atom. The third kappa shape index (κ3) is 4.97. The van der Waals surface area contributed by atoms with Crippen molar-refractivity contribution in [1.82, 2.24) is 15.2 Å². The van der Waals surface area contributed by atoms with E-state index in [4.69, 9.17) is 0 Å². The van der Waals surface area contributed by atoms with E-state index >= 15 is 0 Å². The summed E-state index contributed by atoms with van der Waals surface area (Å²) < 4.78 is 38.0. The second kappa shape index (κ2) is 8.24. The molecule has 146 valence electrons. The summed E-state index contributed by atoms with van der Waals surface area (Å²) >= 11 is 0. The zero-order chi connectivity index (χ0) is 20.1. The van der Waals surface area contributed by atoms with E-state index in [9.17, 15) is 13.2 Å². The van der Waals surface area contributed by atoms with Gasteiger partial charge in [-0.05, 0) is 43.7 Å². The standard InChI is InChI=1S/C20H20F3N5/c1-14(2)28(13-15-6-4-3-5-7-15)18-12-24-27-19(26-18)25-17-10-8-16(9-11-17)20(21,22)23/h3-12,14H,13H2,1-2H3,(H,25,26,27). The molecule has 0 radical (unpaired) electrons. The van der Waals surface area contributed by atoms with Gasteiger partial charge in [0.25, 0.3) is 0 Å². The molecule has 5 nitrogen and oxygen atoms in total. The normalized spacial score (nSPS) is 11.5. The van der Waals surface area contributed by atoms with Crippen molar-refractivity contribution in [3.8, 4) is 0 Å². The molecule has 0 amide bonds. The van der Waals surface area contributed by atoms with Crippen molar-refractivity contribution < 1.29 is 13.2 Å². The molecular weight excluding hydrogens is 367 g/mol. The molecule has 1 aromatic heterocycles. The molecule has 0 fully saturated rings. The molecule has 1 N–H and O–H groups in total. The first-order valence-electron chi connectivity index (χ1n) is 8.77. The molecule has 3 rings (SSSR count). The SMILES string of the molecule is CC(C)N(Cc1ccccc1)c1cnnc(Nc2ccc(C(F)(F)F)cc2)n1. The number of anilines is 3. The van der Waals surface area contributed by atoms with Gasteiger partial charge in [-0.2, -0.15) is 23.3 Å². The maximum absolute atomic E-state index is 12.7. The van der Waals surface area contributed by atoms with Gasteiger partial charge >= 0.3 is 6.18 Å². The van der Waals surface area contributed by atoms with Crippen LogP contribution in [0.15, 0.2) is 60.8 Å². The van der Waals surface area contributed by atoms with E-state index in [1.807, 2.05) is 44.2 Å². The molecule has 0 unspecified atom stereocenters. The molecule has 0 atom stereocenters. The van der Waals surface area contributed by atoms with Crippen molar-refractivity contribution in [3.63, 3.8) is 0 Å². The summed E-state index contributed by atoms with van der Waals surface area (Å²) in [6.45, 7) is 4.75. The highest BCUT2D eigenvalue weighted by molar-refractivity contribution is 5.55. The fraction of sp³-hybridized carbons (Fsp3) is 0.250. The molecule has 0 aliphatic carbocycles. The van der Waals surface area contributed by atoms with Gasteiger partial charge in [0.1, 0.15) is 0 Å². The third-order valence-corrected chi connectivity index (χ3v) is 4.13. The van der Waals surface area contributed by atoms with Crippen LogP contribution in [-0.2, 0) is 12.7 Å². The van der Waals surface area contributed by atoms with Crippen molar-refractivity contribution >= 4 is 17.5 Å². The van der Waals surface area contributed by atoms with Crippen molar-refractivity contribution in [3.05, 3.63) is 71.9 Å². The summed E-state index contributed by atoms with van der Waals surface area (Å²) in [5, 5.41) is 10.8. The van der Waals surface area contributed by atoms with Crippen LogP contribution in [0.5, 0.6) is 0 Å². The lowest BCUT2D eigenvalue weighted by atomic mass is 10.2. The molecule has 0 saturated carbocycles. The van der Waals surface area contributed by atoms with Crippen LogP contribution in [0.2, 0.25) is 0 Å². The third-order valence-electron chi connectivity index (χ3n) is 4.13. The monoisotopic (exact) mass is 387 g/mol. The van der Waals surface area contributed by atoms with Gasteiger partial charge in [0.2, 0.25) is 5.95 Å². The molecule has 0 aliphatic heterocycles. The number of benzene rings is 2. The Morgan fingerprint density at radius 1 is 1.00 bits per heavy atom. The Labute approximate surface area is 161 Å². The first-order valence-corrected chi connectivity index (χ1v) is 8.77. The topological polar surface area (TPSA) is 53.9 Å². The molecule has 1 heterocycles. The van der Waals surface area contributed by atoms with E-state index in [-0.39, 0.29) is 12.0 Å². The molecule has 2 aromatic carbocycles. The molecule has 0 aliphatic rings. The predicted molar refractivity (Wildman–Crippen MR) is 102 cm³/mol. The number of alkyl halides is 3. The molecule has 0 saturated heterocycles. The van der Waals surface area contributed by atoms with E-state index in [0.717, 1.165) is 17.7 Å². The van der Waals surface area contributed by atoms with Gasteiger partial charge in [0, 0.05) is 18.3 Å². The number of halogens is 3. The van der Waals surface area contributed by atoms with E-state index in [1.54, 1.807) is 6.20 Å². The Kier molecular flexibility index (Phi) is 5.77. The van der Waals surface area contributed by atoms with Crippen molar-refractivity contribution in [2.75, 3.05) is 10.2 Å². The number of rotatable bonds is 6. The first-order chi connectivity index (χ1) is 13.3. The highest BCUT2D eigenvalue weighted by Crippen LogP contribution is 2.30. The average molecular weight is 387 g/mol. The summed E-state index contributed by atoms with van der Waals surface area (Å²) in [6, 6.07) is 14.8. The highest BCUT2D eigenvalue weighted by Gasteiger charge is 2.29. The predicted octanol–water partition coefficient (Wildman–Crippen LogP) is 5.05. The van der Waals surface area contributed by atoms with Gasteiger partial charge in [0.15, 0.2) is 5.82 Å². The summed E-state index contributed by atoms with van der Waals surface area (Å²) in [5.74, 6) is 0.847. The summed E-state index contributed by atoms with van der Waals surface area (Å²) in [4.78, 5) is 6.55. The van der Waals surface area contributed by atoms with Crippen LogP contribution in [0.3, 0.4) is 0 Å². The molecule has 0 bridgehead atoms. The molecule has 0 spiro atoms. The fourth-order valence-electron chi connectivity index (χ4n) is 2.67. The Bertz CT molecular complexity index is 896. The Morgan fingerprint density at radius 3 is 2.29 bits per heavy atom.